The quantitative estimate of drug-likeness (QED) is 0.381. The van der Waals surface area contributed by atoms with E-state index in [2.05, 4.69) is 18.7 Å². The summed E-state index contributed by atoms with van der Waals surface area (Å²) in [7, 11) is 0. The number of hydrogen-bond donors (Lipinski definition) is 0. The summed E-state index contributed by atoms with van der Waals surface area (Å²) in [6.45, 7) is 3.12. The van der Waals surface area contributed by atoms with Crippen LogP contribution in [-0.4, -0.2) is 0 Å². The molecule has 2 aliphatic carbocycles. The summed E-state index contributed by atoms with van der Waals surface area (Å²) in [5.74, 6) is 1.98. The Balaban J connectivity index is 0.000000134. The van der Waals surface area contributed by atoms with Crippen molar-refractivity contribution in [3.8, 4) is 6.07 Å². The van der Waals surface area contributed by atoms with E-state index in [1.807, 2.05) is 0 Å². The fraction of sp³-hybridized carbons (Fsp3) is 0.500. The summed E-state index contributed by atoms with van der Waals surface area (Å²) >= 11 is 0. The van der Waals surface area contributed by atoms with Gasteiger partial charge in [0.25, 0.3) is 0 Å². The summed E-state index contributed by atoms with van der Waals surface area (Å²) < 4.78 is 0. The molecule has 0 amide bonds. The zero-order chi connectivity index (χ0) is 8.10. The molecule has 1 heteroatoms. The van der Waals surface area contributed by atoms with Crippen molar-refractivity contribution in [1.82, 2.24) is 0 Å². The van der Waals surface area contributed by atoms with E-state index in [0.29, 0.717) is 0 Å². The predicted molar refractivity (Wildman–Crippen MR) is 45.8 cm³/mol. The van der Waals surface area contributed by atoms with Crippen LogP contribution in [0.15, 0.2) is 24.8 Å². The van der Waals surface area contributed by atoms with Crippen LogP contribution in [0.2, 0.25) is 0 Å². The average molecular weight is 147 g/mol. The molecule has 0 aromatic carbocycles. The molecule has 58 valence electrons. The van der Waals surface area contributed by atoms with E-state index in [1.165, 1.54) is 25.3 Å². The van der Waals surface area contributed by atoms with Crippen LogP contribution in [0.3, 0.4) is 0 Å². The van der Waals surface area contributed by atoms with Crippen LogP contribution in [0.1, 0.15) is 19.3 Å². The Bertz CT molecular complexity index is 185. The van der Waals surface area contributed by atoms with E-state index in [4.69, 9.17) is 5.26 Å². The zero-order valence-electron chi connectivity index (χ0n) is 6.66. The zero-order valence-corrected chi connectivity index (χ0v) is 6.66. The van der Waals surface area contributed by atoms with Gasteiger partial charge in [-0.2, -0.15) is 5.26 Å². The van der Waals surface area contributed by atoms with Gasteiger partial charge in [0, 0.05) is 6.08 Å². The molecule has 1 nitrogen and oxygen atoms in total. The first-order valence-electron chi connectivity index (χ1n) is 4.05. The van der Waals surface area contributed by atoms with Gasteiger partial charge in [0.1, 0.15) is 0 Å². The molecule has 2 aliphatic rings. The highest BCUT2D eigenvalue weighted by atomic mass is 14.3. The minimum Gasteiger partial charge on any atom is -0.193 e. The molecule has 0 aromatic rings. The van der Waals surface area contributed by atoms with E-state index in [0.717, 1.165) is 11.8 Å². The molecule has 2 unspecified atom stereocenters. The molecule has 1 saturated carbocycles. The second-order valence-electron chi connectivity index (χ2n) is 3.05. The maximum Gasteiger partial charge on any atom is 0.0905 e. The first kappa shape index (κ1) is 8.07. The van der Waals surface area contributed by atoms with Crippen molar-refractivity contribution in [2.24, 2.45) is 11.8 Å². The number of nitriles is 1. The number of fused-ring (bicyclic) bond motifs is 2. The van der Waals surface area contributed by atoms with Gasteiger partial charge in [-0.1, -0.05) is 18.7 Å². The van der Waals surface area contributed by atoms with Crippen molar-refractivity contribution >= 4 is 0 Å². The molecule has 2 bridgehead atoms. The van der Waals surface area contributed by atoms with Gasteiger partial charge in [-0.15, -0.1) is 0 Å². The Labute approximate surface area is 68.0 Å². The molecule has 2 rings (SSSR count). The molecule has 0 saturated heterocycles. The molecular weight excluding hydrogens is 134 g/mol. The molecule has 0 spiro atoms. The number of rotatable bonds is 0. The fourth-order valence-corrected chi connectivity index (χ4v) is 1.72. The maximum atomic E-state index is 7.51. The Morgan fingerprint density at radius 2 is 1.82 bits per heavy atom. The molecule has 11 heavy (non-hydrogen) atoms. The van der Waals surface area contributed by atoms with Crippen molar-refractivity contribution in [3.63, 3.8) is 0 Å². The predicted octanol–water partition coefficient (Wildman–Crippen LogP) is 2.67. The van der Waals surface area contributed by atoms with E-state index < -0.39 is 0 Å². The first-order valence-corrected chi connectivity index (χ1v) is 4.05. The second-order valence-corrected chi connectivity index (χ2v) is 3.05. The van der Waals surface area contributed by atoms with Gasteiger partial charge in [-0.3, -0.25) is 0 Å². The molecule has 0 N–H and O–H groups in total. The molecule has 0 heterocycles. The van der Waals surface area contributed by atoms with Gasteiger partial charge in [-0.05, 0) is 31.1 Å². The van der Waals surface area contributed by atoms with Crippen LogP contribution in [0, 0.1) is 23.2 Å². The van der Waals surface area contributed by atoms with Crippen LogP contribution in [0.25, 0.3) is 0 Å². The molecule has 2 atom stereocenters. The lowest BCUT2D eigenvalue weighted by molar-refractivity contribution is 0.691. The number of hydrogen-bond acceptors (Lipinski definition) is 1. The lowest BCUT2D eigenvalue weighted by Gasteiger charge is -1.96. The average Bonchev–Trinajstić information content (AvgIpc) is 2.67. The van der Waals surface area contributed by atoms with E-state index >= 15 is 0 Å². The molecule has 0 aromatic heterocycles. The maximum absolute atomic E-state index is 7.51. The molecule has 0 radical (unpaired) electrons. The highest BCUT2D eigenvalue weighted by Crippen LogP contribution is 2.38. The monoisotopic (exact) mass is 147 g/mol. The minimum atomic E-state index is 0.991. The van der Waals surface area contributed by atoms with Crippen LogP contribution >= 0.6 is 0 Å². The third kappa shape index (κ3) is 2.23. The van der Waals surface area contributed by atoms with Crippen LogP contribution in [-0.2, 0) is 0 Å². The molecular formula is C10H13N. The molecule has 1 fully saturated rings. The van der Waals surface area contributed by atoms with Gasteiger partial charge in [0.2, 0.25) is 0 Å². The summed E-state index contributed by atoms with van der Waals surface area (Å²) in [6.07, 6.45) is 10.4. The summed E-state index contributed by atoms with van der Waals surface area (Å²) in [5, 5.41) is 7.51. The topological polar surface area (TPSA) is 23.8 Å². The van der Waals surface area contributed by atoms with Gasteiger partial charge in [0.15, 0.2) is 0 Å². The van der Waals surface area contributed by atoms with Gasteiger partial charge < -0.3 is 0 Å². The summed E-state index contributed by atoms with van der Waals surface area (Å²) in [4.78, 5) is 0. The van der Waals surface area contributed by atoms with E-state index in [1.54, 1.807) is 6.07 Å². The standard InChI is InChI=1S/C7H10.C3H3N/c1-2-7-4-3-6(1)5-7;1-2-3-4/h1-2,6-7H,3-5H2;2H,1H2. The van der Waals surface area contributed by atoms with E-state index in [-0.39, 0.29) is 0 Å². The Morgan fingerprint density at radius 3 is 1.91 bits per heavy atom. The Hall–Kier alpha value is -1.03. The highest BCUT2D eigenvalue weighted by Gasteiger charge is 2.25. The van der Waals surface area contributed by atoms with Gasteiger partial charge >= 0.3 is 0 Å². The summed E-state index contributed by atoms with van der Waals surface area (Å²) in [5.41, 5.74) is 0. The Kier molecular flexibility index (Phi) is 2.92. The third-order valence-corrected chi connectivity index (χ3v) is 2.26. The smallest absolute Gasteiger partial charge is 0.0905 e. The van der Waals surface area contributed by atoms with E-state index in [9.17, 15) is 0 Å². The highest BCUT2D eigenvalue weighted by molar-refractivity contribution is 5.06. The largest absolute Gasteiger partial charge is 0.193 e. The van der Waals surface area contributed by atoms with Crippen LogP contribution < -0.4 is 0 Å². The van der Waals surface area contributed by atoms with Gasteiger partial charge in [-0.25, -0.2) is 0 Å². The van der Waals surface area contributed by atoms with Crippen molar-refractivity contribution in [3.05, 3.63) is 24.8 Å². The summed E-state index contributed by atoms with van der Waals surface area (Å²) in [6, 6.07) is 1.69. The normalized spacial score (nSPS) is 30.5. The fourth-order valence-electron chi connectivity index (χ4n) is 1.72. The Morgan fingerprint density at radius 1 is 1.36 bits per heavy atom. The van der Waals surface area contributed by atoms with Crippen molar-refractivity contribution in [1.29, 1.82) is 5.26 Å². The lowest BCUT2D eigenvalue weighted by Crippen LogP contribution is -1.82. The minimum absolute atomic E-state index is 0.991. The SMILES string of the molecule is C1=CC2CCC1C2.C=CC#N. The number of allylic oxidation sites excluding steroid dienone is 3. The van der Waals surface area contributed by atoms with Crippen LogP contribution in [0.4, 0.5) is 0 Å². The van der Waals surface area contributed by atoms with Crippen LogP contribution in [0.5, 0.6) is 0 Å². The number of nitrogens with zero attached hydrogens (tertiary/aromatic N) is 1. The third-order valence-electron chi connectivity index (χ3n) is 2.26. The van der Waals surface area contributed by atoms with Gasteiger partial charge in [0.05, 0.1) is 6.07 Å². The van der Waals surface area contributed by atoms with Crippen molar-refractivity contribution in [2.75, 3.05) is 0 Å². The first-order chi connectivity index (χ1) is 5.36. The van der Waals surface area contributed by atoms with Crippen molar-refractivity contribution < 1.29 is 0 Å². The second kappa shape index (κ2) is 3.98. The van der Waals surface area contributed by atoms with Crippen molar-refractivity contribution in [2.45, 2.75) is 19.3 Å². The lowest BCUT2D eigenvalue weighted by atomic mass is 10.1. The molecule has 0 aliphatic heterocycles.